The first-order chi connectivity index (χ1) is 46.3. The molecule has 0 bridgehead atoms. The summed E-state index contributed by atoms with van der Waals surface area (Å²) in [5.74, 6) is 0.136. The van der Waals surface area contributed by atoms with Crippen LogP contribution in [0.25, 0.3) is 0 Å². The normalized spacial score (nSPS) is 14.5. The van der Waals surface area contributed by atoms with E-state index < -0.39 is 97.5 Å². The number of hydrogen-bond donors (Lipinski definition) is 3. The van der Waals surface area contributed by atoms with Crippen molar-refractivity contribution in [1.29, 1.82) is 0 Å². The minimum atomic E-state index is -4.96. The fourth-order valence-corrected chi connectivity index (χ4v) is 12.8. The average molecular weight is 1410 g/mol. The number of aliphatic hydroxyl groups excluding tert-OH is 1. The van der Waals surface area contributed by atoms with E-state index >= 15 is 0 Å². The number of phosphoric ester groups is 2. The molecule has 0 aromatic carbocycles. The molecule has 3 unspecified atom stereocenters. The molecule has 17 nitrogen and oxygen atoms in total. The molecule has 0 aliphatic heterocycles. The van der Waals surface area contributed by atoms with E-state index in [2.05, 4.69) is 72.8 Å². The van der Waals surface area contributed by atoms with Gasteiger partial charge in [-0.25, -0.2) is 9.13 Å². The van der Waals surface area contributed by atoms with Crippen LogP contribution in [0.1, 0.15) is 370 Å². The first-order valence-corrected chi connectivity index (χ1v) is 42.2. The molecule has 0 heterocycles. The van der Waals surface area contributed by atoms with E-state index in [1.807, 2.05) is 0 Å². The Morgan fingerprint density at radius 3 is 0.927 bits per heavy atom. The molecule has 0 aliphatic carbocycles. The molecule has 0 rings (SSSR count). The second-order valence-electron chi connectivity index (χ2n) is 28.3. The highest BCUT2D eigenvalue weighted by Crippen LogP contribution is 2.45. The summed E-state index contributed by atoms with van der Waals surface area (Å²) in [6, 6.07) is 0. The maximum Gasteiger partial charge on any atom is 0.472 e. The Morgan fingerprint density at radius 1 is 0.344 bits per heavy atom. The molecule has 0 fully saturated rings. The Balaban J connectivity index is 5.27. The molecule has 0 spiro atoms. The Bertz CT molecular complexity index is 1970. The van der Waals surface area contributed by atoms with Crippen molar-refractivity contribution in [3.63, 3.8) is 0 Å². The number of carbonyl (C=O) groups is 4. The second-order valence-corrected chi connectivity index (χ2v) is 31.2. The van der Waals surface area contributed by atoms with Crippen molar-refractivity contribution in [2.24, 2.45) is 17.8 Å². The van der Waals surface area contributed by atoms with Crippen molar-refractivity contribution >= 4 is 39.5 Å². The largest absolute Gasteiger partial charge is 0.472 e. The fraction of sp³-hybridized carbons (Fsp3) is 0.896. The Hall–Kier alpha value is -2.46. The first-order valence-electron chi connectivity index (χ1n) is 39.2. The van der Waals surface area contributed by atoms with Gasteiger partial charge in [-0.15, -0.1) is 0 Å². The molecule has 0 aliphatic rings. The number of esters is 4. The lowest BCUT2D eigenvalue weighted by Gasteiger charge is -2.21. The van der Waals surface area contributed by atoms with Crippen LogP contribution in [0.5, 0.6) is 0 Å². The predicted octanol–water partition coefficient (Wildman–Crippen LogP) is 22.1. The molecule has 19 heteroatoms. The lowest BCUT2D eigenvalue weighted by Crippen LogP contribution is -2.30. The topological polar surface area (TPSA) is 237 Å². The fourth-order valence-electron chi connectivity index (χ4n) is 11.2. The number of aliphatic hydroxyl groups is 1. The van der Waals surface area contributed by atoms with Crippen LogP contribution >= 0.6 is 15.6 Å². The highest BCUT2D eigenvalue weighted by molar-refractivity contribution is 7.47. The number of hydrogen-bond acceptors (Lipinski definition) is 15. The quantitative estimate of drug-likeness (QED) is 0.0169. The van der Waals surface area contributed by atoms with Crippen LogP contribution < -0.4 is 0 Å². The lowest BCUT2D eigenvalue weighted by molar-refractivity contribution is -0.161. The molecule has 0 saturated carbocycles. The third kappa shape index (κ3) is 68.7. The summed E-state index contributed by atoms with van der Waals surface area (Å²) in [6.45, 7) is 11.8. The van der Waals surface area contributed by atoms with Crippen molar-refractivity contribution in [3.05, 3.63) is 24.3 Å². The molecule has 0 amide bonds. The zero-order valence-electron chi connectivity index (χ0n) is 62.3. The molecule has 6 atom stereocenters. The number of rotatable bonds is 73. The van der Waals surface area contributed by atoms with Gasteiger partial charge in [0.15, 0.2) is 12.2 Å². The summed E-state index contributed by atoms with van der Waals surface area (Å²) in [5, 5.41) is 10.6. The van der Waals surface area contributed by atoms with E-state index in [0.717, 1.165) is 121 Å². The van der Waals surface area contributed by atoms with Crippen LogP contribution in [0.3, 0.4) is 0 Å². The summed E-state index contributed by atoms with van der Waals surface area (Å²) in [4.78, 5) is 72.8. The van der Waals surface area contributed by atoms with E-state index in [1.165, 1.54) is 161 Å². The first kappa shape index (κ1) is 93.5. The number of ether oxygens (including phenoxy) is 4. The van der Waals surface area contributed by atoms with Crippen LogP contribution in [0.2, 0.25) is 0 Å². The monoisotopic (exact) mass is 1410 g/mol. The van der Waals surface area contributed by atoms with Crippen molar-refractivity contribution in [2.45, 2.75) is 388 Å². The molecule has 0 saturated heterocycles. The summed E-state index contributed by atoms with van der Waals surface area (Å²) >= 11 is 0. The summed E-state index contributed by atoms with van der Waals surface area (Å²) in [6.07, 6.45) is 56.4. The van der Waals surface area contributed by atoms with Gasteiger partial charge in [0.1, 0.15) is 19.3 Å². The minimum absolute atomic E-state index is 0.0837. The minimum Gasteiger partial charge on any atom is -0.462 e. The maximum atomic E-state index is 13.1. The maximum absolute atomic E-state index is 13.1. The molecule has 0 aromatic rings. The zero-order valence-corrected chi connectivity index (χ0v) is 64.1. The molecule has 0 radical (unpaired) electrons. The molecule has 0 aromatic heterocycles. The number of carbonyl (C=O) groups excluding carboxylic acids is 4. The van der Waals surface area contributed by atoms with Crippen LogP contribution in [0.4, 0.5) is 0 Å². The van der Waals surface area contributed by atoms with Crippen LogP contribution in [0, 0.1) is 17.8 Å². The van der Waals surface area contributed by atoms with E-state index in [0.29, 0.717) is 31.6 Å². The molecule has 3 N–H and O–H groups in total. The highest BCUT2D eigenvalue weighted by Gasteiger charge is 2.30. The molecular formula is C77H146O17P2. The van der Waals surface area contributed by atoms with Crippen LogP contribution in [0.15, 0.2) is 24.3 Å². The number of unbranched alkanes of at least 4 members (excludes halogenated alkanes) is 37. The van der Waals surface area contributed by atoms with Gasteiger partial charge in [-0.2, -0.15) is 0 Å². The Morgan fingerprint density at radius 2 is 0.615 bits per heavy atom. The predicted molar refractivity (Wildman–Crippen MR) is 390 cm³/mol. The lowest BCUT2D eigenvalue weighted by atomic mass is 9.99. The van der Waals surface area contributed by atoms with Gasteiger partial charge in [-0.3, -0.25) is 37.3 Å². The van der Waals surface area contributed by atoms with Crippen molar-refractivity contribution < 1.29 is 80.2 Å². The van der Waals surface area contributed by atoms with Crippen molar-refractivity contribution in [1.82, 2.24) is 0 Å². The van der Waals surface area contributed by atoms with E-state index in [4.69, 9.17) is 37.0 Å². The van der Waals surface area contributed by atoms with E-state index in [9.17, 15) is 43.2 Å². The summed E-state index contributed by atoms with van der Waals surface area (Å²) < 4.78 is 68.5. The van der Waals surface area contributed by atoms with Crippen LogP contribution in [-0.4, -0.2) is 96.7 Å². The zero-order chi connectivity index (χ0) is 70.9. The standard InChI is InChI=1S/C77H146O17P2/c1-8-10-11-12-13-14-15-16-18-22-25-32-37-46-53-61-77(82)94-73(65-88-75(80)59-52-45-40-39-42-49-56-69(5)6)67-92-96(85,86)90-63-71(78)62-89-95(83,84)91-66-72(64-87-74(79)58-51-44-36-31-28-27-30-35-43-50-57-70(7)9-2)93-76(81)60-54-47-38-33-26-23-20-17-19-21-24-29-34-41-48-55-68(3)4/h14-16,18,68-73,78H,8-13,17,19-67H2,1-7H3,(H,83,84)(H,85,86)/b15-14-,18-16-/t70?,71-,72-,73-/m1/s1. The van der Waals surface area contributed by atoms with Gasteiger partial charge >= 0.3 is 39.5 Å². The second kappa shape index (κ2) is 67.1. The van der Waals surface area contributed by atoms with Gasteiger partial charge in [-0.1, -0.05) is 317 Å². The Labute approximate surface area is 586 Å². The SMILES string of the molecule is CCCCCC/C=C\C=C/CCCCCCCC(=O)O[C@H](COC(=O)CCCCCCCCC(C)C)COP(=O)(O)OC[C@H](O)COP(=O)(O)OC[C@@H](COC(=O)CCCCCCCCCCCCC(C)CC)OC(=O)CCCCCCCCCCCCCCCCCC(C)C. The van der Waals surface area contributed by atoms with Crippen LogP contribution in [-0.2, 0) is 65.4 Å². The van der Waals surface area contributed by atoms with Gasteiger partial charge in [0.2, 0.25) is 0 Å². The summed E-state index contributed by atoms with van der Waals surface area (Å²) in [7, 11) is -9.93. The smallest absolute Gasteiger partial charge is 0.462 e. The van der Waals surface area contributed by atoms with E-state index in [1.54, 1.807) is 0 Å². The molecular weight excluding hydrogens is 1260 g/mol. The third-order valence-electron chi connectivity index (χ3n) is 17.6. The van der Waals surface area contributed by atoms with Gasteiger partial charge in [0.25, 0.3) is 0 Å². The van der Waals surface area contributed by atoms with Gasteiger partial charge in [-0.05, 0) is 69.1 Å². The summed E-state index contributed by atoms with van der Waals surface area (Å²) in [5.41, 5.74) is 0. The van der Waals surface area contributed by atoms with Gasteiger partial charge in [0, 0.05) is 25.7 Å². The average Bonchev–Trinajstić information content (AvgIpc) is 1.62. The van der Waals surface area contributed by atoms with E-state index in [-0.39, 0.29) is 25.7 Å². The number of allylic oxidation sites excluding steroid dienone is 4. The Kier molecular flexibility index (Phi) is 65.3. The molecule has 566 valence electrons. The highest BCUT2D eigenvalue weighted by atomic mass is 31.2. The number of phosphoric acid groups is 2. The van der Waals surface area contributed by atoms with Gasteiger partial charge in [0.05, 0.1) is 26.4 Å². The third-order valence-corrected chi connectivity index (χ3v) is 19.5. The van der Waals surface area contributed by atoms with Gasteiger partial charge < -0.3 is 33.8 Å². The van der Waals surface area contributed by atoms with Crippen molar-refractivity contribution in [3.8, 4) is 0 Å². The van der Waals surface area contributed by atoms with Crippen molar-refractivity contribution in [2.75, 3.05) is 39.6 Å². The molecule has 96 heavy (non-hydrogen) atoms.